The summed E-state index contributed by atoms with van der Waals surface area (Å²) in [7, 11) is 0. The molecular formula is C12H17F3N4. The SMILES string of the molecule is NCCN(CC(F)(F)F)c1ncnc2c1CCCC2. The second-order valence-corrected chi connectivity index (χ2v) is 4.66. The molecule has 1 aromatic rings. The molecule has 106 valence electrons. The van der Waals surface area contributed by atoms with Gasteiger partial charge in [-0.15, -0.1) is 0 Å². The number of aryl methyl sites for hydroxylation is 1. The molecule has 1 aliphatic carbocycles. The molecule has 0 aromatic carbocycles. The summed E-state index contributed by atoms with van der Waals surface area (Å²) in [6.45, 7) is -0.717. The zero-order valence-corrected chi connectivity index (χ0v) is 10.6. The number of fused-ring (bicyclic) bond motifs is 1. The quantitative estimate of drug-likeness (QED) is 0.907. The maximum atomic E-state index is 12.6. The van der Waals surface area contributed by atoms with Gasteiger partial charge in [0.1, 0.15) is 18.7 Å². The Kier molecular flexibility index (Phi) is 4.24. The molecule has 1 aromatic heterocycles. The van der Waals surface area contributed by atoms with Crippen LogP contribution in [0.3, 0.4) is 0 Å². The summed E-state index contributed by atoms with van der Waals surface area (Å²) in [5, 5.41) is 0. The van der Waals surface area contributed by atoms with Gasteiger partial charge in [-0.3, -0.25) is 0 Å². The average molecular weight is 274 g/mol. The van der Waals surface area contributed by atoms with Crippen molar-refractivity contribution in [1.82, 2.24) is 9.97 Å². The lowest BCUT2D eigenvalue weighted by Crippen LogP contribution is -2.39. The van der Waals surface area contributed by atoms with E-state index in [2.05, 4.69) is 9.97 Å². The minimum Gasteiger partial charge on any atom is -0.346 e. The number of hydrogen-bond acceptors (Lipinski definition) is 4. The average Bonchev–Trinajstić information content (AvgIpc) is 2.36. The summed E-state index contributed by atoms with van der Waals surface area (Å²) in [5.41, 5.74) is 7.14. The Labute approximate surface area is 109 Å². The summed E-state index contributed by atoms with van der Waals surface area (Å²) in [4.78, 5) is 9.44. The van der Waals surface area contributed by atoms with Gasteiger partial charge in [-0.1, -0.05) is 0 Å². The van der Waals surface area contributed by atoms with E-state index in [1.807, 2.05) is 0 Å². The van der Waals surface area contributed by atoms with Gasteiger partial charge in [0.2, 0.25) is 0 Å². The molecule has 0 saturated heterocycles. The highest BCUT2D eigenvalue weighted by molar-refractivity contribution is 5.49. The van der Waals surface area contributed by atoms with Crippen molar-refractivity contribution in [3.05, 3.63) is 17.6 Å². The number of rotatable bonds is 4. The van der Waals surface area contributed by atoms with Crippen molar-refractivity contribution in [2.24, 2.45) is 5.73 Å². The van der Waals surface area contributed by atoms with Crippen molar-refractivity contribution >= 4 is 5.82 Å². The molecule has 7 heteroatoms. The Morgan fingerprint density at radius 1 is 1.21 bits per heavy atom. The Hall–Kier alpha value is -1.37. The zero-order chi connectivity index (χ0) is 13.9. The molecular weight excluding hydrogens is 257 g/mol. The Morgan fingerprint density at radius 3 is 2.63 bits per heavy atom. The van der Waals surface area contributed by atoms with E-state index in [4.69, 9.17) is 5.73 Å². The zero-order valence-electron chi connectivity index (χ0n) is 10.6. The number of halogens is 3. The molecule has 1 aliphatic rings. The van der Waals surface area contributed by atoms with E-state index >= 15 is 0 Å². The molecule has 0 amide bonds. The topological polar surface area (TPSA) is 55.0 Å². The van der Waals surface area contributed by atoms with E-state index in [1.54, 1.807) is 0 Å². The van der Waals surface area contributed by atoms with Crippen LogP contribution in [0.25, 0.3) is 0 Å². The molecule has 2 N–H and O–H groups in total. The van der Waals surface area contributed by atoms with Gasteiger partial charge in [-0.05, 0) is 25.7 Å². The summed E-state index contributed by atoms with van der Waals surface area (Å²) < 4.78 is 37.9. The second kappa shape index (κ2) is 5.73. The first-order valence-electron chi connectivity index (χ1n) is 6.36. The maximum absolute atomic E-state index is 12.6. The third kappa shape index (κ3) is 3.56. The molecule has 0 aliphatic heterocycles. The predicted octanol–water partition coefficient (Wildman–Crippen LogP) is 1.68. The molecule has 0 bridgehead atoms. The first-order chi connectivity index (χ1) is 9.01. The van der Waals surface area contributed by atoms with Gasteiger partial charge in [0.15, 0.2) is 0 Å². The lowest BCUT2D eigenvalue weighted by atomic mass is 9.96. The lowest BCUT2D eigenvalue weighted by molar-refractivity contribution is -0.119. The van der Waals surface area contributed by atoms with E-state index < -0.39 is 12.7 Å². The molecule has 0 radical (unpaired) electrons. The van der Waals surface area contributed by atoms with Crippen LogP contribution in [0.5, 0.6) is 0 Å². The molecule has 4 nitrogen and oxygen atoms in total. The third-order valence-electron chi connectivity index (χ3n) is 3.17. The number of nitrogens with two attached hydrogens (primary N) is 1. The molecule has 0 fully saturated rings. The number of hydrogen-bond donors (Lipinski definition) is 1. The Bertz CT molecular complexity index is 433. The van der Waals surface area contributed by atoms with Gasteiger partial charge in [0.05, 0.1) is 0 Å². The van der Waals surface area contributed by atoms with E-state index in [9.17, 15) is 13.2 Å². The van der Waals surface area contributed by atoms with E-state index in [0.717, 1.165) is 36.9 Å². The second-order valence-electron chi connectivity index (χ2n) is 4.66. The smallest absolute Gasteiger partial charge is 0.346 e. The van der Waals surface area contributed by atoms with Crippen LogP contribution >= 0.6 is 0 Å². The highest BCUT2D eigenvalue weighted by atomic mass is 19.4. The van der Waals surface area contributed by atoms with Gasteiger partial charge in [0.25, 0.3) is 0 Å². The van der Waals surface area contributed by atoms with Crippen molar-refractivity contribution in [3.8, 4) is 0 Å². The van der Waals surface area contributed by atoms with Crippen molar-refractivity contribution in [3.63, 3.8) is 0 Å². The summed E-state index contributed by atoms with van der Waals surface area (Å²) in [5.74, 6) is 0.396. The minimum absolute atomic E-state index is 0.142. The van der Waals surface area contributed by atoms with E-state index in [1.165, 1.54) is 11.2 Å². The first-order valence-corrected chi connectivity index (χ1v) is 6.36. The molecule has 19 heavy (non-hydrogen) atoms. The summed E-state index contributed by atoms with van der Waals surface area (Å²) in [6, 6.07) is 0. The van der Waals surface area contributed by atoms with Crippen molar-refractivity contribution in [2.75, 3.05) is 24.5 Å². The first kappa shape index (κ1) is 14.0. The highest BCUT2D eigenvalue weighted by Crippen LogP contribution is 2.28. The minimum atomic E-state index is -4.26. The van der Waals surface area contributed by atoms with Crippen LogP contribution < -0.4 is 10.6 Å². The van der Waals surface area contributed by atoms with Crippen LogP contribution in [0.15, 0.2) is 6.33 Å². The van der Waals surface area contributed by atoms with Crippen LogP contribution in [0.2, 0.25) is 0 Å². The van der Waals surface area contributed by atoms with Crippen LogP contribution in [0, 0.1) is 0 Å². The maximum Gasteiger partial charge on any atom is 0.405 e. The van der Waals surface area contributed by atoms with Crippen LogP contribution in [-0.2, 0) is 12.8 Å². The van der Waals surface area contributed by atoms with Crippen LogP contribution in [0.4, 0.5) is 19.0 Å². The van der Waals surface area contributed by atoms with Crippen molar-refractivity contribution in [2.45, 2.75) is 31.9 Å². The van der Waals surface area contributed by atoms with E-state index in [0.29, 0.717) is 5.82 Å². The van der Waals surface area contributed by atoms with Gasteiger partial charge in [0, 0.05) is 24.3 Å². The fourth-order valence-corrected chi connectivity index (χ4v) is 2.41. The van der Waals surface area contributed by atoms with Crippen molar-refractivity contribution in [1.29, 1.82) is 0 Å². The monoisotopic (exact) mass is 274 g/mol. The number of anilines is 1. The van der Waals surface area contributed by atoms with Gasteiger partial charge >= 0.3 is 6.18 Å². The predicted molar refractivity (Wildman–Crippen MR) is 66.0 cm³/mol. The van der Waals surface area contributed by atoms with Crippen molar-refractivity contribution < 1.29 is 13.2 Å². The van der Waals surface area contributed by atoms with Crippen LogP contribution in [-0.4, -0.2) is 35.8 Å². The number of nitrogens with zero attached hydrogens (tertiary/aromatic N) is 3. The molecule has 0 unspecified atom stereocenters. The summed E-state index contributed by atoms with van der Waals surface area (Å²) in [6.07, 6.45) is 0.633. The highest BCUT2D eigenvalue weighted by Gasteiger charge is 2.32. The largest absolute Gasteiger partial charge is 0.405 e. The Balaban J connectivity index is 2.30. The van der Waals surface area contributed by atoms with E-state index in [-0.39, 0.29) is 13.1 Å². The Morgan fingerprint density at radius 2 is 1.95 bits per heavy atom. The van der Waals surface area contributed by atoms with Gasteiger partial charge in [-0.25, -0.2) is 9.97 Å². The normalized spacial score (nSPS) is 15.2. The fraction of sp³-hybridized carbons (Fsp3) is 0.667. The number of aromatic nitrogens is 2. The molecule has 0 spiro atoms. The standard InChI is InChI=1S/C12H17F3N4/c13-12(14,15)7-19(6-5-16)11-9-3-1-2-4-10(9)17-8-18-11/h8H,1-7,16H2. The third-order valence-corrected chi connectivity index (χ3v) is 3.17. The molecule has 0 saturated carbocycles. The number of alkyl halides is 3. The lowest BCUT2D eigenvalue weighted by Gasteiger charge is -2.28. The molecule has 1 heterocycles. The van der Waals surface area contributed by atoms with Gasteiger partial charge in [-0.2, -0.15) is 13.2 Å². The van der Waals surface area contributed by atoms with Gasteiger partial charge < -0.3 is 10.6 Å². The van der Waals surface area contributed by atoms with Crippen LogP contribution in [0.1, 0.15) is 24.1 Å². The summed E-state index contributed by atoms with van der Waals surface area (Å²) >= 11 is 0. The fourth-order valence-electron chi connectivity index (χ4n) is 2.41. The molecule has 0 atom stereocenters. The molecule has 2 rings (SSSR count).